The molecule has 3 heterocycles. The predicted octanol–water partition coefficient (Wildman–Crippen LogP) is 2.56. The van der Waals surface area contributed by atoms with Gasteiger partial charge in [0.1, 0.15) is 18.3 Å². The van der Waals surface area contributed by atoms with Crippen molar-refractivity contribution in [3.05, 3.63) is 47.7 Å². The normalized spacial score (nSPS) is 18.4. The van der Waals surface area contributed by atoms with Crippen LogP contribution in [0, 0.1) is 12.3 Å². The molecule has 1 aromatic heterocycles. The minimum absolute atomic E-state index is 0.118. The lowest BCUT2D eigenvalue weighted by molar-refractivity contribution is -0.0219. The lowest BCUT2D eigenvalue weighted by atomic mass is 10.0. The Kier molecular flexibility index (Phi) is 5.58. The summed E-state index contributed by atoms with van der Waals surface area (Å²) in [5.41, 5.74) is 1.12. The molecule has 0 aliphatic carbocycles. The van der Waals surface area contributed by atoms with Crippen molar-refractivity contribution in [1.29, 1.82) is 0 Å². The maximum atomic E-state index is 12.5. The van der Waals surface area contributed by atoms with Gasteiger partial charge in [0.05, 0.1) is 19.3 Å². The van der Waals surface area contributed by atoms with Gasteiger partial charge in [-0.2, -0.15) is 15.3 Å². The van der Waals surface area contributed by atoms with E-state index >= 15 is 0 Å². The van der Waals surface area contributed by atoms with E-state index in [-0.39, 0.29) is 12.0 Å². The molecule has 0 fully saturated rings. The van der Waals surface area contributed by atoms with Gasteiger partial charge in [-0.05, 0) is 5.56 Å². The molecule has 2 aliphatic rings. The quantitative estimate of drug-likeness (QED) is 0.663. The molecule has 0 spiro atoms. The smallest absolute Gasteiger partial charge is 0.258 e. The fourth-order valence-electron chi connectivity index (χ4n) is 3.26. The number of fused-ring (bicyclic) bond motifs is 1. The standard InChI is InChI=1S/C21H23N5O3/c1-2-3-9-21(24-25-21)10-11-22-19(27)18-12-23-26-13-17(15-29-20(18)26)28-14-16-7-5-4-6-8-16/h1,4-8,12,17H,3,9-11,13-15H2,(H,22,27). The first-order chi connectivity index (χ1) is 14.2. The van der Waals surface area contributed by atoms with Crippen molar-refractivity contribution in [2.45, 2.75) is 44.2 Å². The van der Waals surface area contributed by atoms with Crippen LogP contribution in [0.3, 0.4) is 0 Å². The average molecular weight is 393 g/mol. The Labute approximate surface area is 169 Å². The van der Waals surface area contributed by atoms with Crippen molar-refractivity contribution >= 4 is 5.91 Å². The van der Waals surface area contributed by atoms with Crippen LogP contribution in [-0.4, -0.2) is 40.6 Å². The van der Waals surface area contributed by atoms with Gasteiger partial charge in [0.15, 0.2) is 5.66 Å². The van der Waals surface area contributed by atoms with Crippen molar-refractivity contribution in [2.24, 2.45) is 10.2 Å². The minimum atomic E-state index is -0.405. The van der Waals surface area contributed by atoms with Crippen molar-refractivity contribution < 1.29 is 14.3 Å². The van der Waals surface area contributed by atoms with E-state index in [0.29, 0.717) is 50.6 Å². The summed E-state index contributed by atoms with van der Waals surface area (Å²) >= 11 is 0. The van der Waals surface area contributed by atoms with Crippen molar-refractivity contribution in [2.75, 3.05) is 13.2 Å². The first kappa shape index (κ1) is 19.2. The van der Waals surface area contributed by atoms with Gasteiger partial charge in [-0.1, -0.05) is 30.3 Å². The number of aromatic nitrogens is 2. The summed E-state index contributed by atoms with van der Waals surface area (Å²) in [4.78, 5) is 12.5. The molecule has 1 atom stereocenters. The molecule has 150 valence electrons. The van der Waals surface area contributed by atoms with Gasteiger partial charge in [-0.3, -0.25) is 4.79 Å². The van der Waals surface area contributed by atoms with Gasteiger partial charge >= 0.3 is 0 Å². The van der Waals surface area contributed by atoms with Gasteiger partial charge < -0.3 is 14.8 Å². The minimum Gasteiger partial charge on any atom is -0.474 e. The molecular weight excluding hydrogens is 370 g/mol. The molecule has 8 heteroatoms. The van der Waals surface area contributed by atoms with E-state index < -0.39 is 5.66 Å². The number of benzene rings is 1. The fraction of sp³-hybridized carbons (Fsp3) is 0.429. The zero-order valence-corrected chi connectivity index (χ0v) is 16.1. The van der Waals surface area contributed by atoms with Crippen LogP contribution in [-0.2, 0) is 17.9 Å². The highest BCUT2D eigenvalue weighted by atomic mass is 16.5. The van der Waals surface area contributed by atoms with E-state index in [1.165, 1.54) is 6.20 Å². The van der Waals surface area contributed by atoms with Crippen molar-refractivity contribution in [3.8, 4) is 18.2 Å². The van der Waals surface area contributed by atoms with E-state index in [9.17, 15) is 4.79 Å². The van der Waals surface area contributed by atoms with E-state index in [1.54, 1.807) is 4.68 Å². The number of ether oxygens (including phenoxy) is 2. The van der Waals surface area contributed by atoms with Crippen LogP contribution >= 0.6 is 0 Å². The zero-order chi connectivity index (χ0) is 20.1. The lowest BCUT2D eigenvalue weighted by Gasteiger charge is -2.25. The van der Waals surface area contributed by atoms with Crippen molar-refractivity contribution in [3.63, 3.8) is 0 Å². The molecule has 2 aliphatic heterocycles. The van der Waals surface area contributed by atoms with Crippen LogP contribution in [0.25, 0.3) is 0 Å². The predicted molar refractivity (Wildman–Crippen MR) is 105 cm³/mol. The summed E-state index contributed by atoms with van der Waals surface area (Å²) in [6.45, 7) is 1.90. The monoisotopic (exact) mass is 393 g/mol. The summed E-state index contributed by atoms with van der Waals surface area (Å²) in [7, 11) is 0. The molecule has 8 nitrogen and oxygen atoms in total. The highest BCUT2D eigenvalue weighted by Crippen LogP contribution is 2.36. The van der Waals surface area contributed by atoms with Gasteiger partial charge in [0, 0.05) is 25.8 Å². The van der Waals surface area contributed by atoms with Crippen LogP contribution in [0.4, 0.5) is 0 Å². The summed E-state index contributed by atoms with van der Waals surface area (Å²) in [5.74, 6) is 2.85. The average Bonchev–Trinajstić information content (AvgIpc) is 3.39. The molecule has 0 saturated carbocycles. The van der Waals surface area contributed by atoms with E-state index in [4.69, 9.17) is 15.9 Å². The summed E-state index contributed by atoms with van der Waals surface area (Å²) in [6, 6.07) is 9.97. The molecular formula is C21H23N5O3. The Bertz CT molecular complexity index is 926. The molecule has 1 aromatic carbocycles. The van der Waals surface area contributed by atoms with Gasteiger partial charge in [-0.25, -0.2) is 4.68 Å². The number of hydrogen-bond donors (Lipinski definition) is 1. The number of carbonyl (C=O) groups is 1. The number of hydrogen-bond acceptors (Lipinski definition) is 6. The van der Waals surface area contributed by atoms with E-state index in [2.05, 4.69) is 26.6 Å². The molecule has 0 saturated heterocycles. The van der Waals surface area contributed by atoms with Crippen LogP contribution in [0.15, 0.2) is 46.8 Å². The third-order valence-corrected chi connectivity index (χ3v) is 5.01. The lowest BCUT2D eigenvalue weighted by Crippen LogP contribution is -2.34. The topological polar surface area (TPSA) is 90.1 Å². The third-order valence-electron chi connectivity index (χ3n) is 5.01. The zero-order valence-electron chi connectivity index (χ0n) is 16.1. The second-order valence-corrected chi connectivity index (χ2v) is 7.17. The Morgan fingerprint density at radius 1 is 1.34 bits per heavy atom. The van der Waals surface area contributed by atoms with Crippen LogP contribution in [0.2, 0.25) is 0 Å². The van der Waals surface area contributed by atoms with Gasteiger partial charge in [0.2, 0.25) is 5.88 Å². The molecule has 0 bridgehead atoms. The molecule has 4 rings (SSSR count). The molecule has 2 aromatic rings. The molecule has 29 heavy (non-hydrogen) atoms. The number of nitrogens with one attached hydrogen (secondary N) is 1. The Morgan fingerprint density at radius 2 is 2.17 bits per heavy atom. The summed E-state index contributed by atoms with van der Waals surface area (Å²) in [6.07, 6.45) is 8.69. The highest BCUT2D eigenvalue weighted by molar-refractivity contribution is 5.96. The number of amides is 1. The van der Waals surface area contributed by atoms with E-state index in [0.717, 1.165) is 12.0 Å². The second kappa shape index (κ2) is 8.45. The number of rotatable bonds is 9. The molecule has 1 amide bonds. The van der Waals surface area contributed by atoms with Gasteiger partial charge in [-0.15, -0.1) is 12.3 Å². The number of carbonyl (C=O) groups excluding carboxylic acids is 1. The van der Waals surface area contributed by atoms with Crippen molar-refractivity contribution in [1.82, 2.24) is 15.1 Å². The van der Waals surface area contributed by atoms with Gasteiger partial charge in [0.25, 0.3) is 5.91 Å². The Hall–Kier alpha value is -3.18. The largest absolute Gasteiger partial charge is 0.474 e. The Balaban J connectivity index is 1.26. The second-order valence-electron chi connectivity index (χ2n) is 7.17. The third kappa shape index (κ3) is 4.63. The first-order valence-corrected chi connectivity index (χ1v) is 9.69. The molecule has 0 radical (unpaired) electrons. The SMILES string of the molecule is C#CCCC1(CCNC(=O)c2cnn3c2OCC(OCc2ccccc2)C3)N=N1. The highest BCUT2D eigenvalue weighted by Gasteiger charge is 2.38. The fourth-order valence-corrected chi connectivity index (χ4v) is 3.26. The van der Waals surface area contributed by atoms with E-state index in [1.807, 2.05) is 30.3 Å². The van der Waals surface area contributed by atoms with Crippen LogP contribution in [0.5, 0.6) is 5.88 Å². The number of terminal acetylenes is 1. The summed E-state index contributed by atoms with van der Waals surface area (Å²) in [5, 5.41) is 15.3. The van der Waals surface area contributed by atoms with Crippen LogP contribution < -0.4 is 10.1 Å². The maximum absolute atomic E-state index is 12.5. The van der Waals surface area contributed by atoms with Crippen LogP contribution in [0.1, 0.15) is 35.2 Å². The summed E-state index contributed by atoms with van der Waals surface area (Å²) < 4.78 is 13.4. The molecule has 1 unspecified atom stereocenters. The Morgan fingerprint density at radius 3 is 2.93 bits per heavy atom. The molecule has 1 N–H and O–H groups in total. The number of nitrogens with zero attached hydrogens (tertiary/aromatic N) is 4. The maximum Gasteiger partial charge on any atom is 0.258 e. The first-order valence-electron chi connectivity index (χ1n) is 9.69.